The van der Waals surface area contributed by atoms with Crippen molar-refractivity contribution in [3.8, 4) is 0 Å². The maximum absolute atomic E-state index is 12.8. The second-order valence-corrected chi connectivity index (χ2v) is 5.95. The number of anilines is 1. The summed E-state index contributed by atoms with van der Waals surface area (Å²) < 4.78 is 64.6. The fourth-order valence-electron chi connectivity index (χ4n) is 1.59. The van der Waals surface area contributed by atoms with Crippen LogP contribution in [0.15, 0.2) is 47.5 Å². The molecule has 9 heteroatoms. The molecule has 0 atom stereocenters. The van der Waals surface area contributed by atoms with Gasteiger partial charge in [0.1, 0.15) is 10.0 Å². The minimum atomic E-state index is -4.68. The Morgan fingerprint density at radius 2 is 1.76 bits per heavy atom. The molecule has 0 bridgehead atoms. The molecule has 0 aliphatic heterocycles. The van der Waals surface area contributed by atoms with E-state index in [1.165, 1.54) is 18.3 Å². The van der Waals surface area contributed by atoms with Gasteiger partial charge in [-0.15, -0.1) is 0 Å². The largest absolute Gasteiger partial charge is 0.418 e. The van der Waals surface area contributed by atoms with Gasteiger partial charge >= 0.3 is 6.18 Å². The Kier molecular flexibility index (Phi) is 4.11. The van der Waals surface area contributed by atoms with E-state index >= 15 is 0 Å². The van der Waals surface area contributed by atoms with Crippen LogP contribution in [0.2, 0.25) is 5.15 Å². The highest BCUT2D eigenvalue weighted by Gasteiger charge is 2.34. The van der Waals surface area contributed by atoms with Crippen molar-refractivity contribution in [2.75, 3.05) is 4.72 Å². The van der Waals surface area contributed by atoms with Crippen LogP contribution in [-0.2, 0) is 16.2 Å². The Hall–Kier alpha value is -1.80. The standard InChI is InChI=1S/C12H8ClF3N2O2S/c13-11-10(6-3-7-17-11)21(19,20)18-9-5-2-1-4-8(9)12(14,15)16/h1-7,18H. The van der Waals surface area contributed by atoms with E-state index in [4.69, 9.17) is 11.6 Å². The summed E-state index contributed by atoms with van der Waals surface area (Å²) in [6.07, 6.45) is -3.41. The third-order valence-electron chi connectivity index (χ3n) is 2.49. The molecule has 21 heavy (non-hydrogen) atoms. The number of halogens is 4. The third kappa shape index (κ3) is 3.45. The molecule has 1 heterocycles. The van der Waals surface area contributed by atoms with E-state index < -0.39 is 32.3 Å². The molecule has 0 saturated carbocycles. The molecule has 2 rings (SSSR count). The molecule has 0 spiro atoms. The first-order valence-corrected chi connectivity index (χ1v) is 7.37. The van der Waals surface area contributed by atoms with Gasteiger partial charge in [-0.2, -0.15) is 13.2 Å². The summed E-state index contributed by atoms with van der Waals surface area (Å²) in [6, 6.07) is 6.72. The van der Waals surface area contributed by atoms with Gasteiger partial charge in [-0.3, -0.25) is 4.72 Å². The molecule has 0 radical (unpaired) electrons. The van der Waals surface area contributed by atoms with Gasteiger partial charge in [0.25, 0.3) is 10.0 Å². The normalized spacial score (nSPS) is 12.2. The molecule has 0 aliphatic rings. The fourth-order valence-corrected chi connectivity index (χ4v) is 3.12. The summed E-state index contributed by atoms with van der Waals surface area (Å²) in [5, 5.41) is -0.325. The number of sulfonamides is 1. The lowest BCUT2D eigenvalue weighted by Crippen LogP contribution is -2.17. The first-order valence-electron chi connectivity index (χ1n) is 5.51. The highest BCUT2D eigenvalue weighted by molar-refractivity contribution is 7.92. The minimum absolute atomic E-state index is 0.325. The molecule has 0 saturated heterocycles. The van der Waals surface area contributed by atoms with E-state index in [0.29, 0.717) is 0 Å². The van der Waals surface area contributed by atoms with Gasteiger partial charge in [0.2, 0.25) is 0 Å². The first-order chi connectivity index (χ1) is 9.72. The lowest BCUT2D eigenvalue weighted by Gasteiger charge is -2.14. The monoisotopic (exact) mass is 336 g/mol. The summed E-state index contributed by atoms with van der Waals surface area (Å²) in [7, 11) is -4.27. The number of para-hydroxylation sites is 1. The molecule has 0 unspecified atom stereocenters. The van der Waals surface area contributed by atoms with Crippen LogP contribution in [0.4, 0.5) is 18.9 Å². The van der Waals surface area contributed by atoms with Crippen LogP contribution in [0.3, 0.4) is 0 Å². The summed E-state index contributed by atoms with van der Waals surface area (Å²) in [5.74, 6) is 0. The summed E-state index contributed by atoms with van der Waals surface area (Å²) >= 11 is 5.65. The van der Waals surface area contributed by atoms with E-state index in [9.17, 15) is 21.6 Å². The predicted octanol–water partition coefficient (Wildman–Crippen LogP) is 3.55. The highest BCUT2D eigenvalue weighted by atomic mass is 35.5. The number of nitrogens with zero attached hydrogens (tertiary/aromatic N) is 1. The lowest BCUT2D eigenvalue weighted by atomic mass is 10.2. The smallest absolute Gasteiger partial charge is 0.279 e. The molecule has 112 valence electrons. The molecule has 0 amide bonds. The van der Waals surface area contributed by atoms with E-state index in [2.05, 4.69) is 4.98 Å². The maximum atomic E-state index is 12.8. The number of nitrogens with one attached hydrogen (secondary N) is 1. The molecule has 1 aromatic heterocycles. The SMILES string of the molecule is O=S(=O)(Nc1ccccc1C(F)(F)F)c1cccnc1Cl. The van der Waals surface area contributed by atoms with Crippen molar-refractivity contribution in [2.24, 2.45) is 0 Å². The Balaban J connectivity index is 2.46. The van der Waals surface area contributed by atoms with Crippen molar-refractivity contribution < 1.29 is 21.6 Å². The number of alkyl halides is 3. The molecule has 1 N–H and O–H groups in total. The zero-order chi connectivity index (χ0) is 15.7. The van der Waals surface area contributed by atoms with Crippen LogP contribution in [0.5, 0.6) is 0 Å². The van der Waals surface area contributed by atoms with E-state index in [1.54, 1.807) is 0 Å². The molecule has 0 fully saturated rings. The molecular weight excluding hydrogens is 329 g/mol. The molecule has 1 aromatic carbocycles. The Bertz CT molecular complexity index is 763. The third-order valence-corrected chi connectivity index (χ3v) is 4.30. The second kappa shape index (κ2) is 5.53. The average Bonchev–Trinajstić information content (AvgIpc) is 2.38. The van der Waals surface area contributed by atoms with Crippen molar-refractivity contribution in [1.82, 2.24) is 4.98 Å². The van der Waals surface area contributed by atoms with Gasteiger partial charge in [-0.25, -0.2) is 13.4 Å². The minimum Gasteiger partial charge on any atom is -0.279 e. The zero-order valence-electron chi connectivity index (χ0n) is 10.2. The first kappa shape index (κ1) is 15.6. The Morgan fingerprint density at radius 3 is 2.38 bits per heavy atom. The Morgan fingerprint density at radius 1 is 1.10 bits per heavy atom. The van der Waals surface area contributed by atoms with Gasteiger partial charge in [-0.1, -0.05) is 23.7 Å². The molecule has 4 nitrogen and oxygen atoms in total. The van der Waals surface area contributed by atoms with Crippen molar-refractivity contribution in [2.45, 2.75) is 11.1 Å². The maximum Gasteiger partial charge on any atom is 0.418 e. The number of pyridine rings is 1. The molecular formula is C12H8ClF3N2O2S. The van der Waals surface area contributed by atoms with Crippen molar-refractivity contribution in [3.05, 3.63) is 53.3 Å². The quantitative estimate of drug-likeness (QED) is 0.872. The summed E-state index contributed by atoms with van der Waals surface area (Å²) in [6.45, 7) is 0. The van der Waals surface area contributed by atoms with Crippen LogP contribution in [0, 0.1) is 0 Å². The summed E-state index contributed by atoms with van der Waals surface area (Å²) in [5.41, 5.74) is -1.67. The van der Waals surface area contributed by atoms with E-state index in [0.717, 1.165) is 24.3 Å². The number of hydrogen-bond donors (Lipinski definition) is 1. The van der Waals surface area contributed by atoms with Crippen LogP contribution in [0.25, 0.3) is 0 Å². The fraction of sp³-hybridized carbons (Fsp3) is 0.0833. The van der Waals surface area contributed by atoms with Crippen LogP contribution in [0.1, 0.15) is 5.56 Å². The second-order valence-electron chi connectivity index (χ2n) is 3.94. The van der Waals surface area contributed by atoms with E-state index in [1.807, 2.05) is 4.72 Å². The van der Waals surface area contributed by atoms with Crippen LogP contribution < -0.4 is 4.72 Å². The van der Waals surface area contributed by atoms with Gasteiger partial charge < -0.3 is 0 Å². The topological polar surface area (TPSA) is 59.1 Å². The summed E-state index contributed by atoms with van der Waals surface area (Å²) in [4.78, 5) is 3.18. The van der Waals surface area contributed by atoms with Crippen molar-refractivity contribution >= 4 is 27.3 Å². The van der Waals surface area contributed by atoms with Crippen molar-refractivity contribution in [1.29, 1.82) is 0 Å². The van der Waals surface area contributed by atoms with E-state index in [-0.39, 0.29) is 5.15 Å². The van der Waals surface area contributed by atoms with Crippen LogP contribution in [-0.4, -0.2) is 13.4 Å². The number of benzene rings is 1. The van der Waals surface area contributed by atoms with Gasteiger partial charge in [0, 0.05) is 6.20 Å². The zero-order valence-corrected chi connectivity index (χ0v) is 11.8. The highest BCUT2D eigenvalue weighted by Crippen LogP contribution is 2.35. The van der Waals surface area contributed by atoms with Gasteiger partial charge in [0.15, 0.2) is 0 Å². The number of aromatic nitrogens is 1. The van der Waals surface area contributed by atoms with Crippen molar-refractivity contribution in [3.63, 3.8) is 0 Å². The van der Waals surface area contributed by atoms with Gasteiger partial charge in [0.05, 0.1) is 11.3 Å². The van der Waals surface area contributed by atoms with Gasteiger partial charge in [-0.05, 0) is 24.3 Å². The Labute approximate surface area is 123 Å². The number of hydrogen-bond acceptors (Lipinski definition) is 3. The predicted molar refractivity (Wildman–Crippen MR) is 71.5 cm³/mol. The lowest BCUT2D eigenvalue weighted by molar-refractivity contribution is -0.136. The average molecular weight is 337 g/mol. The molecule has 2 aromatic rings. The van der Waals surface area contributed by atoms with Crippen LogP contribution >= 0.6 is 11.6 Å². The number of rotatable bonds is 3. The molecule has 0 aliphatic carbocycles.